The number of halogens is 3. The number of nitrogens with zero attached hydrogens (tertiary/aromatic N) is 6. The molecule has 0 bridgehead atoms. The number of amides is 1. The number of hydrogen-bond donors (Lipinski definition) is 2. The Bertz CT molecular complexity index is 967. The molecule has 2 aromatic heterocycles. The van der Waals surface area contributed by atoms with Gasteiger partial charge in [0.15, 0.2) is 5.82 Å². The summed E-state index contributed by atoms with van der Waals surface area (Å²) in [5, 5.41) is 13.1. The molecule has 2 aromatic rings. The van der Waals surface area contributed by atoms with Crippen LogP contribution < -0.4 is 10.9 Å². The summed E-state index contributed by atoms with van der Waals surface area (Å²) in [5.41, 5.74) is 5.56. The van der Waals surface area contributed by atoms with Crippen LogP contribution in [0.1, 0.15) is 38.9 Å². The highest BCUT2D eigenvalue weighted by atomic mass is 19.4. The molecular formula is C20H25F3N8O. The third-order valence-corrected chi connectivity index (χ3v) is 5.18. The summed E-state index contributed by atoms with van der Waals surface area (Å²) >= 11 is 0. The van der Waals surface area contributed by atoms with Gasteiger partial charge < -0.3 is 4.90 Å². The van der Waals surface area contributed by atoms with Crippen molar-refractivity contribution in [2.75, 3.05) is 13.1 Å². The van der Waals surface area contributed by atoms with Gasteiger partial charge in [-0.25, -0.2) is 15.1 Å². The fraction of sp³-hybridized carbons (Fsp3) is 0.550. The third kappa shape index (κ3) is 5.80. The highest BCUT2D eigenvalue weighted by Crippen LogP contribution is 2.30. The predicted molar refractivity (Wildman–Crippen MR) is 108 cm³/mol. The van der Waals surface area contributed by atoms with Crippen molar-refractivity contribution < 1.29 is 18.0 Å². The van der Waals surface area contributed by atoms with E-state index in [9.17, 15) is 18.0 Å². The molecule has 1 atom stereocenters. The number of hydrogen-bond acceptors (Lipinski definition) is 7. The number of carbonyl (C=O) groups is 1. The fourth-order valence-electron chi connectivity index (χ4n) is 3.43. The van der Waals surface area contributed by atoms with Gasteiger partial charge in [-0.3, -0.25) is 15.2 Å². The summed E-state index contributed by atoms with van der Waals surface area (Å²) in [7, 11) is 0. The summed E-state index contributed by atoms with van der Waals surface area (Å²) in [5.74, 6) is -1.32. The zero-order chi connectivity index (χ0) is 23.4. The number of aromatic nitrogens is 4. The first kappa shape index (κ1) is 23.6. The molecule has 0 unspecified atom stereocenters. The number of rotatable bonds is 8. The molecule has 0 aromatic carbocycles. The molecule has 9 nitrogen and oxygen atoms in total. The molecule has 1 aliphatic heterocycles. The number of carbonyl (C=O) groups excluding carboxylic acids is 1. The lowest BCUT2D eigenvalue weighted by atomic mass is 10.0. The van der Waals surface area contributed by atoms with E-state index in [4.69, 9.17) is 5.26 Å². The second-order valence-corrected chi connectivity index (χ2v) is 8.21. The average molecular weight is 450 g/mol. The quantitative estimate of drug-likeness (QED) is 0.593. The number of nitriles is 1. The molecule has 3 heterocycles. The van der Waals surface area contributed by atoms with Gasteiger partial charge in [-0.05, 0) is 45.2 Å². The van der Waals surface area contributed by atoms with E-state index in [2.05, 4.69) is 32.0 Å². The van der Waals surface area contributed by atoms with E-state index in [-0.39, 0.29) is 31.2 Å². The number of nitrogens with one attached hydrogen (secondary N) is 2. The lowest BCUT2D eigenvalue weighted by molar-refractivity contribution is -0.148. The molecule has 3 rings (SSSR count). The summed E-state index contributed by atoms with van der Waals surface area (Å²) in [6, 6.07) is 4.91. The maximum atomic E-state index is 13.5. The first-order chi connectivity index (χ1) is 15.1. The van der Waals surface area contributed by atoms with E-state index in [1.807, 2.05) is 0 Å². The van der Waals surface area contributed by atoms with Crippen molar-refractivity contribution in [2.24, 2.45) is 0 Å². The van der Waals surface area contributed by atoms with Crippen LogP contribution in [-0.4, -0.2) is 55.2 Å². The molecule has 1 fully saturated rings. The van der Waals surface area contributed by atoms with Gasteiger partial charge in [0.1, 0.15) is 6.04 Å². The Balaban J connectivity index is 1.59. The van der Waals surface area contributed by atoms with Gasteiger partial charge >= 0.3 is 6.18 Å². The second-order valence-electron chi connectivity index (χ2n) is 8.21. The normalized spacial score (nSPS) is 16.9. The van der Waals surface area contributed by atoms with Crippen molar-refractivity contribution in [3.63, 3.8) is 0 Å². The molecule has 2 N–H and O–H groups in total. The minimum absolute atomic E-state index is 0.0239. The first-order valence-electron chi connectivity index (χ1n) is 10.2. The van der Waals surface area contributed by atoms with Gasteiger partial charge in [0.25, 0.3) is 0 Å². The van der Waals surface area contributed by atoms with Gasteiger partial charge in [0.05, 0.1) is 12.6 Å². The van der Waals surface area contributed by atoms with Gasteiger partial charge in [-0.1, -0.05) is 0 Å². The van der Waals surface area contributed by atoms with E-state index in [0.29, 0.717) is 18.5 Å². The third-order valence-electron chi connectivity index (χ3n) is 5.18. The van der Waals surface area contributed by atoms with Crippen LogP contribution in [0.5, 0.6) is 0 Å². The van der Waals surface area contributed by atoms with E-state index in [1.165, 1.54) is 17.3 Å². The Morgan fingerprint density at radius 2 is 2.16 bits per heavy atom. The van der Waals surface area contributed by atoms with Crippen LogP contribution in [0.4, 0.5) is 13.2 Å². The van der Waals surface area contributed by atoms with Crippen molar-refractivity contribution in [2.45, 2.75) is 57.4 Å². The van der Waals surface area contributed by atoms with Crippen LogP contribution in [0.25, 0.3) is 11.4 Å². The molecule has 1 amide bonds. The Morgan fingerprint density at radius 1 is 1.38 bits per heavy atom. The SMILES string of the molecule is CC(C)(CCn1nc(-c2cccnc2)nc1C(F)(F)F)NNCC(=O)N1CCC[C@H]1C#N. The molecule has 0 saturated carbocycles. The van der Waals surface area contributed by atoms with Gasteiger partial charge in [0.2, 0.25) is 11.7 Å². The second kappa shape index (κ2) is 9.62. The van der Waals surface area contributed by atoms with Crippen LogP contribution in [0.3, 0.4) is 0 Å². The molecule has 1 aliphatic rings. The summed E-state index contributed by atoms with van der Waals surface area (Å²) in [4.78, 5) is 21.4. The molecule has 1 saturated heterocycles. The minimum atomic E-state index is -4.65. The zero-order valence-electron chi connectivity index (χ0n) is 17.9. The molecule has 172 valence electrons. The topological polar surface area (TPSA) is 112 Å². The van der Waals surface area contributed by atoms with Crippen LogP contribution in [-0.2, 0) is 17.5 Å². The maximum Gasteiger partial charge on any atom is 0.451 e. The molecule has 0 radical (unpaired) electrons. The van der Waals surface area contributed by atoms with E-state index in [0.717, 1.165) is 11.1 Å². The number of aryl methyl sites for hydroxylation is 1. The number of likely N-dealkylation sites (tertiary alicyclic amines) is 1. The fourth-order valence-corrected chi connectivity index (χ4v) is 3.43. The molecule has 0 spiro atoms. The van der Waals surface area contributed by atoms with Crippen molar-refractivity contribution >= 4 is 5.91 Å². The Labute approximate surface area is 183 Å². The molecular weight excluding hydrogens is 425 g/mol. The van der Waals surface area contributed by atoms with Crippen molar-refractivity contribution in [1.82, 2.24) is 35.5 Å². The van der Waals surface area contributed by atoms with Gasteiger partial charge in [-0.2, -0.15) is 23.5 Å². The maximum absolute atomic E-state index is 13.5. The summed E-state index contributed by atoms with van der Waals surface area (Å²) < 4.78 is 41.2. The lowest BCUT2D eigenvalue weighted by Crippen LogP contribution is -2.52. The summed E-state index contributed by atoms with van der Waals surface area (Å²) in [6.45, 7) is 4.08. The Hall–Kier alpha value is -3.04. The predicted octanol–water partition coefficient (Wildman–Crippen LogP) is 2.14. The molecule has 0 aliphatic carbocycles. The standard InChI is InChI=1S/C20H25F3N8O/c1-19(2,29-26-13-16(32)30-9-4-6-15(30)11-24)7-10-31-18(20(21,22)23)27-17(28-31)14-5-3-8-25-12-14/h3,5,8,12,15,26,29H,4,6-7,9-10,13H2,1-2H3/t15-/m0/s1. The van der Waals surface area contributed by atoms with E-state index in [1.54, 1.807) is 26.0 Å². The van der Waals surface area contributed by atoms with Gasteiger partial charge in [-0.15, -0.1) is 0 Å². The lowest BCUT2D eigenvalue weighted by Gasteiger charge is -2.28. The van der Waals surface area contributed by atoms with Crippen molar-refractivity contribution in [3.8, 4) is 17.5 Å². The zero-order valence-corrected chi connectivity index (χ0v) is 17.9. The number of alkyl halides is 3. The van der Waals surface area contributed by atoms with Crippen LogP contribution in [0, 0.1) is 11.3 Å². The minimum Gasteiger partial charge on any atom is -0.326 e. The molecule has 12 heteroatoms. The van der Waals surface area contributed by atoms with Crippen molar-refractivity contribution in [3.05, 3.63) is 30.4 Å². The van der Waals surface area contributed by atoms with E-state index >= 15 is 0 Å². The highest BCUT2D eigenvalue weighted by molar-refractivity contribution is 5.79. The number of pyridine rings is 1. The highest BCUT2D eigenvalue weighted by Gasteiger charge is 2.38. The van der Waals surface area contributed by atoms with Crippen LogP contribution >= 0.6 is 0 Å². The molecule has 32 heavy (non-hydrogen) atoms. The van der Waals surface area contributed by atoms with Crippen molar-refractivity contribution in [1.29, 1.82) is 5.26 Å². The van der Waals surface area contributed by atoms with Crippen LogP contribution in [0.15, 0.2) is 24.5 Å². The summed E-state index contributed by atoms with van der Waals surface area (Å²) in [6.07, 6.45) is 0.0101. The smallest absolute Gasteiger partial charge is 0.326 e. The number of hydrazine groups is 1. The largest absolute Gasteiger partial charge is 0.451 e. The van der Waals surface area contributed by atoms with E-state index < -0.39 is 23.6 Å². The van der Waals surface area contributed by atoms with Gasteiger partial charge in [0, 0.05) is 36.6 Å². The Kier molecular flexibility index (Phi) is 7.10. The Morgan fingerprint density at radius 3 is 2.81 bits per heavy atom. The average Bonchev–Trinajstić information content (AvgIpc) is 3.39. The first-order valence-corrected chi connectivity index (χ1v) is 10.2. The monoisotopic (exact) mass is 450 g/mol. The van der Waals surface area contributed by atoms with Crippen LogP contribution in [0.2, 0.25) is 0 Å².